The van der Waals surface area contributed by atoms with Crippen molar-refractivity contribution in [3.8, 4) is 11.5 Å². The number of imidazole rings is 1. The SMILES string of the molecule is CC1CCc2nc(-c3ccc(=O)[nH]n3)[nH]c2C1. The molecule has 0 amide bonds. The van der Waals surface area contributed by atoms with Gasteiger partial charge in [-0.2, -0.15) is 5.10 Å². The molecule has 17 heavy (non-hydrogen) atoms. The van der Waals surface area contributed by atoms with E-state index < -0.39 is 0 Å². The average Bonchev–Trinajstić information content (AvgIpc) is 2.72. The molecule has 0 aliphatic heterocycles. The Morgan fingerprint density at radius 2 is 2.29 bits per heavy atom. The van der Waals surface area contributed by atoms with Crippen LogP contribution in [0.5, 0.6) is 0 Å². The summed E-state index contributed by atoms with van der Waals surface area (Å²) in [6, 6.07) is 3.15. The second-order valence-corrected chi connectivity index (χ2v) is 4.67. The highest BCUT2D eigenvalue weighted by Crippen LogP contribution is 2.25. The molecule has 5 heteroatoms. The number of nitrogens with one attached hydrogen (secondary N) is 2. The maximum Gasteiger partial charge on any atom is 0.264 e. The lowest BCUT2D eigenvalue weighted by Crippen LogP contribution is -2.10. The van der Waals surface area contributed by atoms with E-state index in [1.54, 1.807) is 6.07 Å². The molecule has 2 aromatic heterocycles. The van der Waals surface area contributed by atoms with Crippen LogP contribution in [0.3, 0.4) is 0 Å². The molecule has 0 saturated heterocycles. The summed E-state index contributed by atoms with van der Waals surface area (Å²) in [4.78, 5) is 18.8. The van der Waals surface area contributed by atoms with Crippen LogP contribution < -0.4 is 5.56 Å². The Kier molecular flexibility index (Phi) is 2.31. The summed E-state index contributed by atoms with van der Waals surface area (Å²) < 4.78 is 0. The van der Waals surface area contributed by atoms with Crippen molar-refractivity contribution in [3.05, 3.63) is 33.9 Å². The predicted molar refractivity (Wildman–Crippen MR) is 63.6 cm³/mol. The summed E-state index contributed by atoms with van der Waals surface area (Å²) in [5.74, 6) is 1.46. The van der Waals surface area contributed by atoms with Crippen molar-refractivity contribution in [1.82, 2.24) is 20.2 Å². The molecule has 2 aromatic rings. The number of hydrogen-bond donors (Lipinski definition) is 2. The van der Waals surface area contributed by atoms with Gasteiger partial charge in [-0.1, -0.05) is 6.92 Å². The number of H-pyrrole nitrogens is 2. The van der Waals surface area contributed by atoms with Gasteiger partial charge in [0.1, 0.15) is 5.69 Å². The van der Waals surface area contributed by atoms with Crippen LogP contribution >= 0.6 is 0 Å². The molecular weight excluding hydrogens is 216 g/mol. The summed E-state index contributed by atoms with van der Waals surface area (Å²) in [5, 5.41) is 6.40. The minimum Gasteiger partial charge on any atom is -0.340 e. The molecule has 2 N–H and O–H groups in total. The monoisotopic (exact) mass is 230 g/mol. The maximum atomic E-state index is 10.9. The van der Waals surface area contributed by atoms with E-state index in [1.807, 2.05) is 0 Å². The van der Waals surface area contributed by atoms with E-state index in [2.05, 4.69) is 27.1 Å². The molecule has 0 radical (unpaired) electrons. The Morgan fingerprint density at radius 1 is 1.41 bits per heavy atom. The molecule has 0 aromatic carbocycles. The van der Waals surface area contributed by atoms with Crippen molar-refractivity contribution < 1.29 is 0 Å². The number of aromatic nitrogens is 4. The summed E-state index contributed by atoms with van der Waals surface area (Å²) in [7, 11) is 0. The zero-order valence-electron chi connectivity index (χ0n) is 9.66. The molecule has 0 spiro atoms. The topological polar surface area (TPSA) is 74.4 Å². The van der Waals surface area contributed by atoms with E-state index in [1.165, 1.54) is 18.2 Å². The third-order valence-electron chi connectivity index (χ3n) is 3.21. The van der Waals surface area contributed by atoms with Crippen LogP contribution in [0.1, 0.15) is 24.7 Å². The van der Waals surface area contributed by atoms with Crippen LogP contribution in [-0.4, -0.2) is 20.2 Å². The van der Waals surface area contributed by atoms with Crippen LogP contribution in [0.4, 0.5) is 0 Å². The highest BCUT2D eigenvalue weighted by atomic mass is 16.1. The Bertz CT molecular complexity index is 578. The number of aromatic amines is 2. The molecule has 5 nitrogen and oxygen atoms in total. The zero-order valence-corrected chi connectivity index (χ0v) is 9.66. The smallest absolute Gasteiger partial charge is 0.264 e. The Labute approximate surface area is 98.3 Å². The van der Waals surface area contributed by atoms with Crippen molar-refractivity contribution >= 4 is 0 Å². The van der Waals surface area contributed by atoms with Crippen LogP contribution in [0.25, 0.3) is 11.5 Å². The molecule has 0 bridgehead atoms. The standard InChI is InChI=1S/C12H14N4O/c1-7-2-3-8-10(6-7)14-12(13-8)9-4-5-11(17)16-15-9/h4-5,7H,2-3,6H2,1H3,(H,13,14)(H,16,17). The van der Waals surface area contributed by atoms with Gasteiger partial charge in [-0.25, -0.2) is 10.1 Å². The summed E-state index contributed by atoms with van der Waals surface area (Å²) in [6.45, 7) is 2.25. The number of fused-ring (bicyclic) bond motifs is 1. The average molecular weight is 230 g/mol. The summed E-state index contributed by atoms with van der Waals surface area (Å²) in [6.07, 6.45) is 3.26. The molecule has 2 heterocycles. The Morgan fingerprint density at radius 3 is 3.06 bits per heavy atom. The molecule has 0 saturated carbocycles. The fraction of sp³-hybridized carbons (Fsp3) is 0.417. The van der Waals surface area contributed by atoms with Gasteiger partial charge in [0.25, 0.3) is 5.56 Å². The van der Waals surface area contributed by atoms with E-state index >= 15 is 0 Å². The van der Waals surface area contributed by atoms with Gasteiger partial charge in [0.15, 0.2) is 5.82 Å². The van der Waals surface area contributed by atoms with Crippen LogP contribution in [0, 0.1) is 5.92 Å². The molecule has 0 fully saturated rings. The first-order chi connectivity index (χ1) is 8.22. The van der Waals surface area contributed by atoms with Crippen LogP contribution in [-0.2, 0) is 12.8 Å². The Hall–Kier alpha value is -1.91. The van der Waals surface area contributed by atoms with E-state index in [-0.39, 0.29) is 5.56 Å². The zero-order chi connectivity index (χ0) is 11.8. The lowest BCUT2D eigenvalue weighted by molar-refractivity contribution is 0.492. The first kappa shape index (κ1) is 10.3. The molecule has 1 aliphatic rings. The molecule has 3 rings (SSSR count). The van der Waals surface area contributed by atoms with E-state index in [4.69, 9.17) is 0 Å². The first-order valence-corrected chi connectivity index (χ1v) is 5.86. The lowest BCUT2D eigenvalue weighted by atomic mass is 9.92. The van der Waals surface area contributed by atoms with Crippen LogP contribution in [0.2, 0.25) is 0 Å². The van der Waals surface area contributed by atoms with Crippen molar-refractivity contribution in [2.24, 2.45) is 5.92 Å². The summed E-state index contributed by atoms with van der Waals surface area (Å²) in [5.41, 5.74) is 2.85. The molecule has 1 unspecified atom stereocenters. The van der Waals surface area contributed by atoms with Crippen molar-refractivity contribution in [1.29, 1.82) is 0 Å². The lowest BCUT2D eigenvalue weighted by Gasteiger charge is -2.15. The normalized spacial score (nSPS) is 19.0. The number of nitrogens with zero attached hydrogens (tertiary/aromatic N) is 2. The third kappa shape index (κ3) is 1.88. The number of aryl methyl sites for hydroxylation is 1. The van der Waals surface area contributed by atoms with Gasteiger partial charge in [-0.3, -0.25) is 4.79 Å². The molecule has 1 aliphatic carbocycles. The third-order valence-corrected chi connectivity index (χ3v) is 3.21. The van der Waals surface area contributed by atoms with E-state index in [0.29, 0.717) is 11.6 Å². The number of rotatable bonds is 1. The summed E-state index contributed by atoms with van der Waals surface area (Å²) >= 11 is 0. The number of hydrogen-bond acceptors (Lipinski definition) is 3. The van der Waals surface area contributed by atoms with Gasteiger partial charge in [0.2, 0.25) is 0 Å². The van der Waals surface area contributed by atoms with Gasteiger partial charge in [-0.15, -0.1) is 0 Å². The van der Waals surface area contributed by atoms with E-state index in [9.17, 15) is 4.79 Å². The van der Waals surface area contributed by atoms with Gasteiger partial charge in [0, 0.05) is 11.8 Å². The first-order valence-electron chi connectivity index (χ1n) is 5.86. The quantitative estimate of drug-likeness (QED) is 0.775. The second kappa shape index (κ2) is 3.84. The van der Waals surface area contributed by atoms with Crippen molar-refractivity contribution in [2.75, 3.05) is 0 Å². The molecular formula is C12H14N4O. The van der Waals surface area contributed by atoms with Gasteiger partial charge in [-0.05, 0) is 31.2 Å². The fourth-order valence-electron chi connectivity index (χ4n) is 2.25. The minimum absolute atomic E-state index is 0.196. The van der Waals surface area contributed by atoms with Crippen molar-refractivity contribution in [3.63, 3.8) is 0 Å². The maximum absolute atomic E-state index is 10.9. The highest BCUT2D eigenvalue weighted by Gasteiger charge is 2.19. The predicted octanol–water partition coefficient (Wildman–Crippen LogP) is 1.28. The van der Waals surface area contributed by atoms with Crippen LogP contribution in [0.15, 0.2) is 16.9 Å². The van der Waals surface area contributed by atoms with E-state index in [0.717, 1.165) is 24.4 Å². The minimum atomic E-state index is -0.196. The van der Waals surface area contributed by atoms with Gasteiger partial charge >= 0.3 is 0 Å². The fourth-order valence-corrected chi connectivity index (χ4v) is 2.25. The largest absolute Gasteiger partial charge is 0.340 e. The Balaban J connectivity index is 1.99. The molecule has 88 valence electrons. The van der Waals surface area contributed by atoms with Gasteiger partial charge in [0.05, 0.1) is 5.69 Å². The van der Waals surface area contributed by atoms with Gasteiger partial charge < -0.3 is 4.98 Å². The second-order valence-electron chi connectivity index (χ2n) is 4.67. The van der Waals surface area contributed by atoms with Crippen molar-refractivity contribution in [2.45, 2.75) is 26.2 Å². The highest BCUT2D eigenvalue weighted by molar-refractivity contribution is 5.49. The molecule has 1 atom stereocenters.